The van der Waals surface area contributed by atoms with Gasteiger partial charge in [-0.15, -0.1) is 0 Å². The topological polar surface area (TPSA) is 80.9 Å². The molecule has 194 valence electrons. The van der Waals surface area contributed by atoms with Crippen molar-refractivity contribution in [3.05, 3.63) is 11.6 Å². The molecule has 0 aromatic heterocycles. The fourth-order valence-electron chi connectivity index (χ4n) is 11.0. The van der Waals surface area contributed by atoms with E-state index in [4.69, 9.17) is 0 Å². The molecule has 5 aliphatic carbocycles. The van der Waals surface area contributed by atoms with Crippen molar-refractivity contribution in [1.29, 1.82) is 0 Å². The molecular weight excluding hydrogens is 424 g/mol. The van der Waals surface area contributed by atoms with Gasteiger partial charge in [-0.2, -0.15) is 0 Å². The number of hydrogen-bond acceptors (Lipinski definition) is 4. The highest BCUT2D eigenvalue weighted by Crippen LogP contribution is 2.70. The molecule has 0 radical (unpaired) electrons. The maximum Gasteiger partial charge on any atom is 0.0618 e. The minimum Gasteiger partial charge on any atom is -0.396 e. The molecule has 0 aliphatic heterocycles. The van der Waals surface area contributed by atoms with Gasteiger partial charge in [0, 0.05) is 11.3 Å². The predicted molar refractivity (Wildman–Crippen MR) is 135 cm³/mol. The molecule has 5 rings (SSSR count). The Morgan fingerprint density at radius 2 is 1.44 bits per heavy atom. The van der Waals surface area contributed by atoms with Gasteiger partial charge in [0.15, 0.2) is 0 Å². The smallest absolute Gasteiger partial charge is 0.0618 e. The van der Waals surface area contributed by atoms with E-state index in [1.807, 2.05) is 0 Å². The molecule has 34 heavy (non-hydrogen) atoms. The van der Waals surface area contributed by atoms with E-state index in [0.717, 1.165) is 57.8 Å². The minimum absolute atomic E-state index is 0.0127. The van der Waals surface area contributed by atoms with E-state index in [-0.39, 0.29) is 52.3 Å². The van der Waals surface area contributed by atoms with E-state index < -0.39 is 11.5 Å². The summed E-state index contributed by atoms with van der Waals surface area (Å²) in [5, 5.41) is 44.2. The van der Waals surface area contributed by atoms with Crippen molar-refractivity contribution < 1.29 is 20.4 Å². The Morgan fingerprint density at radius 3 is 2.12 bits per heavy atom. The maximum atomic E-state index is 12.0. The van der Waals surface area contributed by atoms with Crippen LogP contribution in [0.4, 0.5) is 0 Å². The molecule has 11 unspecified atom stereocenters. The molecule has 0 heterocycles. The van der Waals surface area contributed by atoms with E-state index in [2.05, 4.69) is 47.6 Å². The summed E-state index contributed by atoms with van der Waals surface area (Å²) >= 11 is 0. The third-order valence-electron chi connectivity index (χ3n) is 13.0. The number of aliphatic hydroxyl groups excluding tert-OH is 4. The molecule has 4 saturated carbocycles. The largest absolute Gasteiger partial charge is 0.396 e. The van der Waals surface area contributed by atoms with Gasteiger partial charge in [0.1, 0.15) is 0 Å². The van der Waals surface area contributed by atoms with Gasteiger partial charge in [-0.3, -0.25) is 0 Å². The van der Waals surface area contributed by atoms with Gasteiger partial charge in [0.2, 0.25) is 0 Å². The summed E-state index contributed by atoms with van der Waals surface area (Å²) in [6.45, 7) is 13.9. The normalized spacial score (nSPS) is 56.8. The highest BCUT2D eigenvalue weighted by atomic mass is 16.3. The summed E-state index contributed by atoms with van der Waals surface area (Å²) in [7, 11) is 0. The first-order valence-electron chi connectivity index (χ1n) is 14.1. The van der Waals surface area contributed by atoms with Crippen molar-refractivity contribution in [1.82, 2.24) is 0 Å². The fourth-order valence-corrected chi connectivity index (χ4v) is 11.0. The predicted octanol–water partition coefficient (Wildman–Crippen LogP) is 5.08. The first kappa shape index (κ1) is 25.2. The van der Waals surface area contributed by atoms with Crippen LogP contribution in [-0.4, -0.2) is 45.3 Å². The molecule has 0 spiro atoms. The second-order valence-corrected chi connectivity index (χ2v) is 14.9. The molecule has 0 bridgehead atoms. The van der Waals surface area contributed by atoms with Crippen LogP contribution < -0.4 is 0 Å². The Bertz CT molecular complexity index is 851. The quantitative estimate of drug-likeness (QED) is 0.399. The molecule has 4 fully saturated rings. The van der Waals surface area contributed by atoms with Crippen LogP contribution in [-0.2, 0) is 0 Å². The maximum absolute atomic E-state index is 12.0. The minimum atomic E-state index is -0.460. The van der Waals surface area contributed by atoms with Crippen LogP contribution in [0, 0.1) is 50.7 Å². The van der Waals surface area contributed by atoms with E-state index in [9.17, 15) is 20.4 Å². The van der Waals surface area contributed by atoms with E-state index in [1.165, 1.54) is 5.57 Å². The molecule has 5 aliphatic rings. The molecule has 0 aromatic carbocycles. The van der Waals surface area contributed by atoms with Crippen LogP contribution in [0.5, 0.6) is 0 Å². The number of aliphatic hydroxyl groups is 4. The molecule has 4 nitrogen and oxygen atoms in total. The summed E-state index contributed by atoms with van der Waals surface area (Å²) in [5.74, 6) is 1.20. The summed E-state index contributed by atoms with van der Waals surface area (Å²) in [6.07, 6.45) is 9.92. The molecule has 4 heteroatoms. The average Bonchev–Trinajstić information content (AvgIpc) is 2.88. The average molecular weight is 475 g/mol. The highest BCUT2D eigenvalue weighted by Gasteiger charge is 2.65. The second kappa shape index (κ2) is 7.79. The van der Waals surface area contributed by atoms with Crippen molar-refractivity contribution in [2.45, 2.75) is 118 Å². The lowest BCUT2D eigenvalue weighted by Crippen LogP contribution is -2.60. The second-order valence-electron chi connectivity index (χ2n) is 14.9. The lowest BCUT2D eigenvalue weighted by Gasteiger charge is -2.64. The van der Waals surface area contributed by atoms with Crippen molar-refractivity contribution in [3.8, 4) is 0 Å². The van der Waals surface area contributed by atoms with Gasteiger partial charge < -0.3 is 20.4 Å². The van der Waals surface area contributed by atoms with Gasteiger partial charge >= 0.3 is 0 Å². The number of hydrogen-bond donors (Lipinski definition) is 4. The van der Waals surface area contributed by atoms with Crippen LogP contribution in [0.3, 0.4) is 0 Å². The Morgan fingerprint density at radius 1 is 0.794 bits per heavy atom. The molecule has 4 N–H and O–H groups in total. The van der Waals surface area contributed by atoms with Crippen LogP contribution in [0.2, 0.25) is 0 Å². The Hall–Kier alpha value is -0.420. The first-order valence-corrected chi connectivity index (χ1v) is 14.1. The zero-order valence-electron chi connectivity index (χ0n) is 22.5. The fraction of sp³-hybridized carbons (Fsp3) is 0.933. The zero-order chi connectivity index (χ0) is 24.9. The van der Waals surface area contributed by atoms with Crippen molar-refractivity contribution in [3.63, 3.8) is 0 Å². The molecule has 0 saturated heterocycles. The number of rotatable bonds is 1. The van der Waals surface area contributed by atoms with E-state index in [1.54, 1.807) is 0 Å². The van der Waals surface area contributed by atoms with Gasteiger partial charge in [0.25, 0.3) is 0 Å². The summed E-state index contributed by atoms with van der Waals surface area (Å²) < 4.78 is 0. The SMILES string of the molecule is CC12CCC3C(C)(CO)C(O)CCC3(C)C1CC(O)C1C(=CCC3C(C)(C)C(O)CCC13C)C2. The third kappa shape index (κ3) is 3.17. The van der Waals surface area contributed by atoms with E-state index in [0.29, 0.717) is 11.8 Å². The third-order valence-corrected chi connectivity index (χ3v) is 13.0. The van der Waals surface area contributed by atoms with Gasteiger partial charge in [0.05, 0.1) is 24.9 Å². The van der Waals surface area contributed by atoms with E-state index >= 15 is 0 Å². The molecule has 11 atom stereocenters. The molecule has 0 aromatic rings. The summed E-state index contributed by atoms with van der Waals surface area (Å²) in [4.78, 5) is 0. The van der Waals surface area contributed by atoms with Gasteiger partial charge in [-0.1, -0.05) is 53.2 Å². The standard InChI is InChI=1S/C30H50O4/c1-26(2)20-8-7-18-16-27(3)12-9-21-28(4,13-11-24(34)30(21,6)17-31)22(27)15-19(32)25(18)29(20,5)14-10-23(26)33/h7,19-25,31-34H,8-17H2,1-6H3. The van der Waals surface area contributed by atoms with Crippen LogP contribution in [0.25, 0.3) is 0 Å². The zero-order valence-corrected chi connectivity index (χ0v) is 22.5. The Kier molecular flexibility index (Phi) is 5.78. The number of fused-ring (bicyclic) bond motifs is 6. The summed E-state index contributed by atoms with van der Waals surface area (Å²) in [5.41, 5.74) is 1.04. The molecular formula is C30H50O4. The lowest BCUT2D eigenvalue weighted by atomic mass is 9.42. The lowest BCUT2D eigenvalue weighted by molar-refractivity contribution is -0.193. The van der Waals surface area contributed by atoms with Crippen molar-refractivity contribution in [2.24, 2.45) is 50.7 Å². The van der Waals surface area contributed by atoms with Crippen LogP contribution in [0.15, 0.2) is 11.6 Å². The number of allylic oxidation sites excluding steroid dienone is 1. The molecule has 0 amide bonds. The van der Waals surface area contributed by atoms with Gasteiger partial charge in [-0.25, -0.2) is 0 Å². The Labute approximate surface area is 207 Å². The first-order chi connectivity index (χ1) is 15.7. The van der Waals surface area contributed by atoms with Crippen LogP contribution in [0.1, 0.15) is 99.3 Å². The monoisotopic (exact) mass is 474 g/mol. The highest BCUT2D eigenvalue weighted by molar-refractivity contribution is 5.27. The van der Waals surface area contributed by atoms with Crippen molar-refractivity contribution in [2.75, 3.05) is 6.61 Å². The van der Waals surface area contributed by atoms with Crippen molar-refractivity contribution >= 4 is 0 Å². The van der Waals surface area contributed by atoms with Crippen LogP contribution >= 0.6 is 0 Å². The van der Waals surface area contributed by atoms with Gasteiger partial charge in [-0.05, 0) is 97.2 Å². The summed E-state index contributed by atoms with van der Waals surface area (Å²) in [6, 6.07) is 0. The Balaban J connectivity index is 1.54.